The Morgan fingerprint density at radius 1 is 1.30 bits per heavy atom. The lowest BCUT2D eigenvalue weighted by Gasteiger charge is -2.13. The van der Waals surface area contributed by atoms with Crippen molar-refractivity contribution in [3.8, 4) is 0 Å². The van der Waals surface area contributed by atoms with Gasteiger partial charge in [0.05, 0.1) is 11.2 Å². The molecule has 2 heterocycles. The Balaban J connectivity index is 1.69. The lowest BCUT2D eigenvalue weighted by Crippen LogP contribution is -2.14. The molecule has 0 amide bonds. The first-order valence-corrected chi connectivity index (χ1v) is 7.93. The van der Waals surface area contributed by atoms with E-state index in [0.29, 0.717) is 0 Å². The van der Waals surface area contributed by atoms with Crippen LogP contribution < -0.4 is 5.32 Å². The number of hydrogen-bond donors (Lipinski definition) is 2. The Labute approximate surface area is 125 Å². The fraction of sp³-hybridized carbons (Fsp3) is 0.600. The molecule has 110 valence electrons. The third-order valence-corrected chi connectivity index (χ3v) is 4.65. The van der Waals surface area contributed by atoms with Crippen LogP contribution in [-0.2, 0) is 18.4 Å². The van der Waals surface area contributed by atoms with Crippen LogP contribution in [0.1, 0.15) is 48.3 Å². The zero-order chi connectivity index (χ0) is 14.6. The predicted molar refractivity (Wildman–Crippen MR) is 84.2 cm³/mol. The van der Waals surface area contributed by atoms with E-state index in [0.717, 1.165) is 25.9 Å². The molecule has 2 aromatic heterocycles. The van der Waals surface area contributed by atoms with Crippen molar-refractivity contribution in [1.82, 2.24) is 20.5 Å². The molecule has 2 aromatic rings. The summed E-state index contributed by atoms with van der Waals surface area (Å²) in [5.41, 5.74) is 2.66. The molecule has 0 atom stereocenters. The molecule has 0 radical (unpaired) electrons. The lowest BCUT2D eigenvalue weighted by atomic mass is 9.98. The summed E-state index contributed by atoms with van der Waals surface area (Å²) >= 11 is 1.81. The van der Waals surface area contributed by atoms with Crippen molar-refractivity contribution in [2.45, 2.75) is 52.5 Å². The zero-order valence-electron chi connectivity index (χ0n) is 12.8. The summed E-state index contributed by atoms with van der Waals surface area (Å²) in [6.45, 7) is 10.6. The summed E-state index contributed by atoms with van der Waals surface area (Å²) in [7, 11) is 0. The first-order valence-electron chi connectivity index (χ1n) is 7.11. The van der Waals surface area contributed by atoms with Gasteiger partial charge in [-0.15, -0.1) is 11.3 Å². The number of thiazole rings is 1. The summed E-state index contributed by atoms with van der Waals surface area (Å²) in [5.74, 6) is 0. The van der Waals surface area contributed by atoms with Crippen molar-refractivity contribution < 1.29 is 0 Å². The van der Waals surface area contributed by atoms with E-state index in [1.807, 2.05) is 23.7 Å². The summed E-state index contributed by atoms with van der Waals surface area (Å²) in [6, 6.07) is 0. The Bertz CT molecular complexity index is 536. The first kappa shape index (κ1) is 15.2. The largest absolute Gasteiger partial charge is 0.312 e. The summed E-state index contributed by atoms with van der Waals surface area (Å²) in [6.07, 6.45) is 6.13. The Kier molecular flexibility index (Phi) is 4.94. The van der Waals surface area contributed by atoms with Gasteiger partial charge in [-0.05, 0) is 31.9 Å². The number of aromatic amines is 1. The molecule has 0 aromatic carbocycles. The Hall–Kier alpha value is -1.20. The van der Waals surface area contributed by atoms with Gasteiger partial charge in [-0.3, -0.25) is 5.10 Å². The van der Waals surface area contributed by atoms with Crippen LogP contribution >= 0.6 is 11.3 Å². The molecule has 5 heteroatoms. The van der Waals surface area contributed by atoms with Crippen LogP contribution in [0.4, 0.5) is 0 Å². The maximum absolute atomic E-state index is 4.50. The van der Waals surface area contributed by atoms with Crippen molar-refractivity contribution in [3.63, 3.8) is 0 Å². The van der Waals surface area contributed by atoms with E-state index in [1.54, 1.807) is 0 Å². The second-order valence-corrected chi connectivity index (χ2v) is 7.30. The molecule has 0 saturated carbocycles. The topological polar surface area (TPSA) is 53.6 Å². The van der Waals surface area contributed by atoms with Crippen LogP contribution in [0, 0.1) is 6.92 Å². The second kappa shape index (κ2) is 6.50. The van der Waals surface area contributed by atoms with E-state index in [2.05, 4.69) is 48.2 Å². The van der Waals surface area contributed by atoms with Gasteiger partial charge in [0.1, 0.15) is 0 Å². The maximum Gasteiger partial charge on any atom is 0.0981 e. The fourth-order valence-corrected chi connectivity index (χ4v) is 2.92. The van der Waals surface area contributed by atoms with Gasteiger partial charge in [-0.1, -0.05) is 20.8 Å². The molecular formula is C15H24N4S. The van der Waals surface area contributed by atoms with Crippen molar-refractivity contribution in [1.29, 1.82) is 0 Å². The molecule has 2 N–H and O–H groups in total. The molecular weight excluding hydrogens is 268 g/mol. The van der Waals surface area contributed by atoms with Gasteiger partial charge in [0.25, 0.3) is 0 Å². The van der Waals surface area contributed by atoms with E-state index in [-0.39, 0.29) is 5.41 Å². The molecule has 4 nitrogen and oxygen atoms in total. The molecule has 20 heavy (non-hydrogen) atoms. The highest BCUT2D eigenvalue weighted by Crippen LogP contribution is 2.26. The van der Waals surface area contributed by atoms with Crippen molar-refractivity contribution >= 4 is 11.3 Å². The molecule has 0 unspecified atom stereocenters. The molecule has 0 aliphatic carbocycles. The van der Waals surface area contributed by atoms with Crippen LogP contribution in [0.5, 0.6) is 0 Å². The van der Waals surface area contributed by atoms with E-state index >= 15 is 0 Å². The quantitative estimate of drug-likeness (QED) is 0.804. The fourth-order valence-electron chi connectivity index (χ4n) is 1.98. The third kappa shape index (κ3) is 4.15. The van der Waals surface area contributed by atoms with Gasteiger partial charge < -0.3 is 5.32 Å². The molecule has 0 aliphatic heterocycles. The standard InChI is InChI=1S/C15H24N4S/c1-11-12(8-18-19-11)6-5-7-16-9-13-10-17-14(20-13)15(2,3)4/h8,10,16H,5-7,9H2,1-4H3,(H,18,19). The highest BCUT2D eigenvalue weighted by atomic mass is 32.1. The van der Waals surface area contributed by atoms with E-state index in [9.17, 15) is 0 Å². The van der Waals surface area contributed by atoms with E-state index in [1.165, 1.54) is 21.1 Å². The highest BCUT2D eigenvalue weighted by Gasteiger charge is 2.17. The zero-order valence-corrected chi connectivity index (χ0v) is 13.6. The first-order chi connectivity index (χ1) is 9.47. The number of hydrogen-bond acceptors (Lipinski definition) is 4. The van der Waals surface area contributed by atoms with Gasteiger partial charge in [-0.2, -0.15) is 5.10 Å². The minimum atomic E-state index is 0.154. The normalized spacial score (nSPS) is 12.0. The van der Waals surface area contributed by atoms with E-state index < -0.39 is 0 Å². The highest BCUT2D eigenvalue weighted by molar-refractivity contribution is 7.11. The number of aryl methyl sites for hydroxylation is 2. The minimum Gasteiger partial charge on any atom is -0.312 e. The van der Waals surface area contributed by atoms with Crippen LogP contribution in [0.25, 0.3) is 0 Å². The molecule has 0 saturated heterocycles. The van der Waals surface area contributed by atoms with Gasteiger partial charge >= 0.3 is 0 Å². The molecule has 0 fully saturated rings. The van der Waals surface area contributed by atoms with Crippen molar-refractivity contribution in [2.75, 3.05) is 6.54 Å². The average Bonchev–Trinajstić information content (AvgIpc) is 2.98. The van der Waals surface area contributed by atoms with E-state index in [4.69, 9.17) is 0 Å². The summed E-state index contributed by atoms with van der Waals surface area (Å²) in [4.78, 5) is 5.82. The monoisotopic (exact) mass is 292 g/mol. The lowest BCUT2D eigenvalue weighted by molar-refractivity contribution is 0.585. The molecule has 0 bridgehead atoms. The average molecular weight is 292 g/mol. The third-order valence-electron chi connectivity index (χ3n) is 3.23. The summed E-state index contributed by atoms with van der Waals surface area (Å²) in [5, 5.41) is 11.7. The van der Waals surface area contributed by atoms with Crippen molar-refractivity contribution in [2.24, 2.45) is 0 Å². The number of nitrogens with zero attached hydrogens (tertiary/aromatic N) is 2. The molecule has 2 rings (SSSR count). The molecule has 0 aliphatic rings. The number of aromatic nitrogens is 3. The minimum absolute atomic E-state index is 0.154. The Morgan fingerprint density at radius 2 is 2.10 bits per heavy atom. The number of nitrogens with one attached hydrogen (secondary N) is 2. The van der Waals surface area contributed by atoms with Gasteiger partial charge in [0, 0.05) is 28.7 Å². The summed E-state index contributed by atoms with van der Waals surface area (Å²) < 4.78 is 0. The molecule has 0 spiro atoms. The Morgan fingerprint density at radius 3 is 2.70 bits per heavy atom. The van der Waals surface area contributed by atoms with Crippen LogP contribution in [0.15, 0.2) is 12.4 Å². The van der Waals surface area contributed by atoms with Gasteiger partial charge in [0.15, 0.2) is 0 Å². The second-order valence-electron chi connectivity index (χ2n) is 6.18. The van der Waals surface area contributed by atoms with Gasteiger partial charge in [0.2, 0.25) is 0 Å². The number of H-pyrrole nitrogens is 1. The predicted octanol–water partition coefficient (Wildman–Crippen LogP) is 3.19. The smallest absolute Gasteiger partial charge is 0.0981 e. The van der Waals surface area contributed by atoms with Crippen LogP contribution in [-0.4, -0.2) is 21.7 Å². The SMILES string of the molecule is Cc1[nH]ncc1CCCNCc1cnc(C(C)(C)C)s1. The maximum atomic E-state index is 4.50. The van der Waals surface area contributed by atoms with Crippen molar-refractivity contribution in [3.05, 3.63) is 33.5 Å². The van der Waals surface area contributed by atoms with Crippen LogP contribution in [0.2, 0.25) is 0 Å². The van der Waals surface area contributed by atoms with Gasteiger partial charge in [-0.25, -0.2) is 4.98 Å². The van der Waals surface area contributed by atoms with Crippen LogP contribution in [0.3, 0.4) is 0 Å². The number of rotatable bonds is 6.